The molecule has 0 aliphatic carbocycles. The summed E-state index contributed by atoms with van der Waals surface area (Å²) in [4.78, 5) is 6.85. The van der Waals surface area contributed by atoms with Gasteiger partial charge in [-0.3, -0.25) is 9.89 Å². The van der Waals surface area contributed by atoms with Crippen molar-refractivity contribution in [1.29, 1.82) is 0 Å². The van der Waals surface area contributed by atoms with Gasteiger partial charge in [0.15, 0.2) is 5.96 Å². The molecule has 7 nitrogen and oxygen atoms in total. The van der Waals surface area contributed by atoms with E-state index in [1.165, 1.54) is 37.1 Å². The Hall–Kier alpha value is -2.59. The Kier molecular flexibility index (Phi) is 9.56. The highest BCUT2D eigenvalue weighted by atomic mass is 127. The smallest absolute Gasteiger partial charge is 0.191 e. The summed E-state index contributed by atoms with van der Waals surface area (Å²) >= 11 is 0. The number of rotatable bonds is 8. The van der Waals surface area contributed by atoms with Crippen LogP contribution in [0, 0.1) is 0 Å². The Morgan fingerprint density at radius 3 is 2.27 bits per heavy atom. The fourth-order valence-electron chi connectivity index (χ4n) is 3.88. The van der Waals surface area contributed by atoms with Gasteiger partial charge in [-0.05, 0) is 67.4 Å². The van der Waals surface area contributed by atoms with Gasteiger partial charge < -0.3 is 15.4 Å². The maximum absolute atomic E-state index is 5.21. The molecule has 2 heterocycles. The SMILES string of the molecule is CN=C(NCc1ccc(CN2CCCC2)cc1)NCc1ccn(-c2ccc(OC)cc2)n1.I. The van der Waals surface area contributed by atoms with Gasteiger partial charge in [0.1, 0.15) is 5.75 Å². The molecule has 4 rings (SSSR count). The number of hydrogen-bond donors (Lipinski definition) is 2. The van der Waals surface area contributed by atoms with Gasteiger partial charge in [0.05, 0.1) is 25.0 Å². The Bertz CT molecular complexity index is 1010. The summed E-state index contributed by atoms with van der Waals surface area (Å²) in [6.45, 7) is 4.83. The molecule has 0 amide bonds. The zero-order valence-corrected chi connectivity index (χ0v) is 21.7. The maximum atomic E-state index is 5.21. The molecule has 176 valence electrons. The molecule has 1 saturated heterocycles. The van der Waals surface area contributed by atoms with Crippen molar-refractivity contribution in [2.45, 2.75) is 32.5 Å². The van der Waals surface area contributed by atoms with Crippen LogP contribution in [0.15, 0.2) is 65.8 Å². The number of aromatic nitrogens is 2. The number of benzene rings is 2. The van der Waals surface area contributed by atoms with Crippen LogP contribution in [-0.4, -0.2) is 47.9 Å². The van der Waals surface area contributed by atoms with Crippen molar-refractivity contribution in [3.8, 4) is 11.4 Å². The highest BCUT2D eigenvalue weighted by molar-refractivity contribution is 14.0. The third-order valence-corrected chi connectivity index (χ3v) is 5.73. The minimum absolute atomic E-state index is 0. The molecule has 0 unspecified atom stereocenters. The van der Waals surface area contributed by atoms with Gasteiger partial charge in [-0.2, -0.15) is 5.10 Å². The summed E-state index contributed by atoms with van der Waals surface area (Å²) in [5.74, 6) is 1.59. The van der Waals surface area contributed by atoms with E-state index in [2.05, 4.69) is 49.9 Å². The van der Waals surface area contributed by atoms with Gasteiger partial charge in [0.2, 0.25) is 0 Å². The molecule has 0 saturated carbocycles. The van der Waals surface area contributed by atoms with Gasteiger partial charge in [-0.15, -0.1) is 24.0 Å². The monoisotopic (exact) mass is 560 g/mol. The maximum Gasteiger partial charge on any atom is 0.191 e. The zero-order valence-electron chi connectivity index (χ0n) is 19.3. The fraction of sp³-hybridized carbons (Fsp3) is 0.360. The summed E-state index contributed by atoms with van der Waals surface area (Å²) in [5, 5.41) is 11.4. The van der Waals surface area contributed by atoms with E-state index < -0.39 is 0 Å². The van der Waals surface area contributed by atoms with Crippen LogP contribution in [0.5, 0.6) is 5.75 Å². The first kappa shape index (κ1) is 25.0. The number of aliphatic imine (C=N–C) groups is 1. The predicted molar refractivity (Wildman–Crippen MR) is 144 cm³/mol. The number of ether oxygens (including phenoxy) is 1. The van der Waals surface area contributed by atoms with Crippen LogP contribution in [0.25, 0.3) is 5.69 Å². The van der Waals surface area contributed by atoms with Crippen molar-refractivity contribution >= 4 is 29.9 Å². The lowest BCUT2D eigenvalue weighted by Crippen LogP contribution is -2.36. The van der Waals surface area contributed by atoms with E-state index in [1.807, 2.05) is 41.2 Å². The van der Waals surface area contributed by atoms with Crippen molar-refractivity contribution in [3.63, 3.8) is 0 Å². The number of nitrogens with zero attached hydrogens (tertiary/aromatic N) is 4. The second-order valence-corrected chi connectivity index (χ2v) is 8.03. The molecule has 1 aliphatic heterocycles. The standard InChI is InChI=1S/C25H32N6O.HI/c1-26-25(27-17-20-5-7-21(8-6-20)19-30-14-3-4-15-30)28-18-22-13-16-31(29-22)23-9-11-24(32-2)12-10-23;/h5-13,16H,3-4,14-15,17-19H2,1-2H3,(H2,26,27,28);1H. The van der Waals surface area contributed by atoms with Gasteiger partial charge in [0, 0.05) is 26.3 Å². The van der Waals surface area contributed by atoms with Gasteiger partial charge in [0.25, 0.3) is 0 Å². The first-order valence-electron chi connectivity index (χ1n) is 11.2. The highest BCUT2D eigenvalue weighted by Crippen LogP contribution is 2.15. The molecular weight excluding hydrogens is 527 g/mol. The average Bonchev–Trinajstić information content (AvgIpc) is 3.53. The van der Waals surface area contributed by atoms with Crippen LogP contribution in [0.4, 0.5) is 0 Å². The molecule has 3 aromatic rings. The molecule has 0 atom stereocenters. The van der Waals surface area contributed by atoms with E-state index in [4.69, 9.17) is 4.74 Å². The number of halogens is 1. The average molecular weight is 560 g/mol. The summed E-state index contributed by atoms with van der Waals surface area (Å²) in [6, 6.07) is 18.7. The summed E-state index contributed by atoms with van der Waals surface area (Å²) in [7, 11) is 3.45. The minimum atomic E-state index is 0. The van der Waals surface area contributed by atoms with Crippen LogP contribution in [0.3, 0.4) is 0 Å². The van der Waals surface area contributed by atoms with Gasteiger partial charge >= 0.3 is 0 Å². The fourth-order valence-corrected chi connectivity index (χ4v) is 3.88. The van der Waals surface area contributed by atoms with E-state index in [0.717, 1.165) is 36.2 Å². The Labute approximate surface area is 213 Å². The molecule has 1 fully saturated rings. The van der Waals surface area contributed by atoms with Crippen molar-refractivity contribution in [3.05, 3.63) is 77.6 Å². The van der Waals surface area contributed by atoms with Gasteiger partial charge in [-0.1, -0.05) is 24.3 Å². The van der Waals surface area contributed by atoms with E-state index in [1.54, 1.807) is 14.2 Å². The highest BCUT2D eigenvalue weighted by Gasteiger charge is 2.11. The van der Waals surface area contributed by atoms with Crippen LogP contribution in [-0.2, 0) is 19.6 Å². The second-order valence-electron chi connectivity index (χ2n) is 8.03. The molecular formula is C25H33IN6O. The third-order valence-electron chi connectivity index (χ3n) is 5.73. The molecule has 1 aliphatic rings. The largest absolute Gasteiger partial charge is 0.497 e. The normalized spacial score (nSPS) is 14.1. The number of guanidine groups is 1. The molecule has 2 aromatic carbocycles. The van der Waals surface area contributed by atoms with Gasteiger partial charge in [-0.25, -0.2) is 4.68 Å². The topological polar surface area (TPSA) is 66.7 Å². The molecule has 2 N–H and O–H groups in total. The summed E-state index contributed by atoms with van der Waals surface area (Å²) < 4.78 is 7.07. The lowest BCUT2D eigenvalue weighted by molar-refractivity contribution is 0.331. The van der Waals surface area contributed by atoms with Crippen molar-refractivity contribution in [2.75, 3.05) is 27.2 Å². The lowest BCUT2D eigenvalue weighted by atomic mass is 10.1. The Morgan fingerprint density at radius 1 is 0.939 bits per heavy atom. The Morgan fingerprint density at radius 2 is 1.61 bits per heavy atom. The number of hydrogen-bond acceptors (Lipinski definition) is 4. The van der Waals surface area contributed by atoms with E-state index >= 15 is 0 Å². The Balaban J connectivity index is 0.00000306. The van der Waals surface area contributed by atoms with Crippen LogP contribution in [0.2, 0.25) is 0 Å². The molecule has 0 radical (unpaired) electrons. The third kappa shape index (κ3) is 7.20. The number of likely N-dealkylation sites (tertiary alicyclic amines) is 1. The van der Waals surface area contributed by atoms with Crippen LogP contribution < -0.4 is 15.4 Å². The van der Waals surface area contributed by atoms with E-state index in [0.29, 0.717) is 6.54 Å². The molecule has 0 spiro atoms. The molecule has 8 heteroatoms. The quantitative estimate of drug-likeness (QED) is 0.248. The number of nitrogens with one attached hydrogen (secondary N) is 2. The first-order valence-corrected chi connectivity index (χ1v) is 11.2. The summed E-state index contributed by atoms with van der Waals surface area (Å²) in [5.41, 5.74) is 4.55. The first-order chi connectivity index (χ1) is 15.7. The molecule has 1 aromatic heterocycles. The second kappa shape index (κ2) is 12.6. The molecule has 33 heavy (non-hydrogen) atoms. The number of methoxy groups -OCH3 is 1. The van der Waals surface area contributed by atoms with Crippen molar-refractivity contribution in [2.24, 2.45) is 4.99 Å². The summed E-state index contributed by atoms with van der Waals surface area (Å²) in [6.07, 6.45) is 4.62. The van der Waals surface area contributed by atoms with Crippen LogP contribution >= 0.6 is 24.0 Å². The zero-order chi connectivity index (χ0) is 22.2. The lowest BCUT2D eigenvalue weighted by Gasteiger charge is -2.15. The predicted octanol–water partition coefficient (Wildman–Crippen LogP) is 3.96. The van der Waals surface area contributed by atoms with Crippen LogP contribution in [0.1, 0.15) is 29.7 Å². The van der Waals surface area contributed by atoms with Crippen molar-refractivity contribution in [1.82, 2.24) is 25.3 Å². The van der Waals surface area contributed by atoms with E-state index in [9.17, 15) is 0 Å². The van der Waals surface area contributed by atoms with Crippen molar-refractivity contribution < 1.29 is 4.74 Å². The molecule has 0 bridgehead atoms. The minimum Gasteiger partial charge on any atom is -0.497 e. The van der Waals surface area contributed by atoms with E-state index in [-0.39, 0.29) is 24.0 Å².